The zero-order chi connectivity index (χ0) is 25.6. The molecule has 0 amide bonds. The number of nitrogens with one attached hydrogen (secondary N) is 2. The molecule has 0 unspecified atom stereocenters. The van der Waals surface area contributed by atoms with Gasteiger partial charge in [-0.1, -0.05) is 12.1 Å². The summed E-state index contributed by atoms with van der Waals surface area (Å²) in [5, 5.41) is 13.3. The normalized spacial score (nSPS) is 21.1. The van der Waals surface area contributed by atoms with Gasteiger partial charge >= 0.3 is 6.18 Å². The fourth-order valence-corrected chi connectivity index (χ4v) is 3.59. The molecule has 11 heteroatoms. The lowest BCUT2D eigenvalue weighted by atomic mass is 9.90. The highest BCUT2D eigenvalue weighted by Crippen LogP contribution is 2.23. The molecule has 1 saturated carbocycles. The van der Waals surface area contributed by atoms with Crippen LogP contribution in [0.2, 0.25) is 0 Å². The second-order valence-corrected chi connectivity index (χ2v) is 7.79. The molecule has 1 saturated heterocycles. The average molecular weight is 483 g/mol. The van der Waals surface area contributed by atoms with Crippen LogP contribution in [0, 0.1) is 11.8 Å². The highest BCUT2D eigenvalue weighted by atomic mass is 19.4. The van der Waals surface area contributed by atoms with Gasteiger partial charge in [0, 0.05) is 24.9 Å². The van der Waals surface area contributed by atoms with Crippen molar-refractivity contribution in [3.8, 4) is 6.57 Å². The summed E-state index contributed by atoms with van der Waals surface area (Å²) >= 11 is 0. The van der Waals surface area contributed by atoms with Crippen LogP contribution in [0.4, 0.5) is 18.9 Å². The van der Waals surface area contributed by atoms with Crippen LogP contribution in [0.3, 0.4) is 0 Å². The molecule has 1 aromatic carbocycles. The van der Waals surface area contributed by atoms with Crippen LogP contribution in [-0.4, -0.2) is 56.7 Å². The summed E-state index contributed by atoms with van der Waals surface area (Å²) < 4.78 is 42.5. The third-order valence-electron chi connectivity index (χ3n) is 5.32. The Morgan fingerprint density at radius 1 is 1.12 bits per heavy atom. The Kier molecular flexibility index (Phi) is 12.9. The predicted molar refractivity (Wildman–Crippen MR) is 125 cm³/mol. The van der Waals surface area contributed by atoms with E-state index >= 15 is 0 Å². The number of alkyl halides is 3. The molecule has 0 atom stereocenters. The van der Waals surface area contributed by atoms with Crippen molar-refractivity contribution in [3.05, 3.63) is 41.6 Å². The number of amidine groups is 1. The average Bonchev–Trinajstić information content (AvgIpc) is 2.80. The summed E-state index contributed by atoms with van der Waals surface area (Å²) in [5.41, 5.74) is 11.2. The van der Waals surface area contributed by atoms with Gasteiger partial charge in [0.2, 0.25) is 0 Å². The van der Waals surface area contributed by atoms with Crippen LogP contribution in [0.1, 0.15) is 31.2 Å². The first-order chi connectivity index (χ1) is 16.3. The van der Waals surface area contributed by atoms with E-state index in [0.29, 0.717) is 24.1 Å². The Hall–Kier alpha value is -2.94. The molecule has 1 aliphatic heterocycles. The molecule has 188 valence electrons. The minimum absolute atomic E-state index is 0.0152. The van der Waals surface area contributed by atoms with Crippen molar-refractivity contribution in [1.29, 1.82) is 5.26 Å². The van der Waals surface area contributed by atoms with Gasteiger partial charge < -0.3 is 26.8 Å². The molecule has 6 N–H and O–H groups in total. The van der Waals surface area contributed by atoms with E-state index in [0.717, 1.165) is 38.9 Å². The number of nitrogens with two attached hydrogens (primary N) is 2. The van der Waals surface area contributed by atoms with Crippen molar-refractivity contribution in [2.24, 2.45) is 16.5 Å². The van der Waals surface area contributed by atoms with Gasteiger partial charge in [0.1, 0.15) is 5.84 Å². The molecule has 2 fully saturated rings. The number of aldehydes is 1. The zero-order valence-electron chi connectivity index (χ0n) is 19.2. The number of aliphatic imine (C=N–C) groups is 1. The number of nitrogens with zero attached hydrogens (tertiary/aromatic N) is 2. The molecule has 1 aliphatic carbocycles. The second-order valence-electron chi connectivity index (χ2n) is 7.79. The molecule has 2 aliphatic rings. The number of nitriles is 1. The van der Waals surface area contributed by atoms with Crippen LogP contribution >= 0.6 is 0 Å². The van der Waals surface area contributed by atoms with E-state index in [4.69, 9.17) is 15.7 Å². The Labute approximate surface area is 198 Å². The van der Waals surface area contributed by atoms with E-state index in [2.05, 4.69) is 27.9 Å². The summed E-state index contributed by atoms with van der Waals surface area (Å²) in [7, 11) is 1.50. The lowest BCUT2D eigenvalue weighted by molar-refractivity contribution is -0.127. The molecule has 1 heterocycles. The van der Waals surface area contributed by atoms with Gasteiger partial charge in [-0.3, -0.25) is 4.79 Å². The summed E-state index contributed by atoms with van der Waals surface area (Å²) in [5.74, 6) is 0.0152. The van der Waals surface area contributed by atoms with E-state index in [1.807, 2.05) is 0 Å². The third-order valence-corrected chi connectivity index (χ3v) is 5.32. The number of hydrogen-bond donors (Lipinski definition) is 4. The maximum atomic E-state index is 12.4. The van der Waals surface area contributed by atoms with Crippen LogP contribution in [0.5, 0.6) is 0 Å². The van der Waals surface area contributed by atoms with E-state index in [-0.39, 0.29) is 23.0 Å². The minimum atomic E-state index is -4.26. The van der Waals surface area contributed by atoms with Crippen LogP contribution in [0.25, 0.3) is 0 Å². The molecule has 8 nitrogen and oxygen atoms in total. The van der Waals surface area contributed by atoms with Crippen molar-refractivity contribution in [3.63, 3.8) is 0 Å². The van der Waals surface area contributed by atoms with Gasteiger partial charge in [-0.15, -0.1) is 0 Å². The lowest BCUT2D eigenvalue weighted by Gasteiger charge is -2.35. The first kappa shape index (κ1) is 29.1. The van der Waals surface area contributed by atoms with E-state index < -0.39 is 12.6 Å². The smallest absolute Gasteiger partial charge is 0.387 e. The zero-order valence-corrected chi connectivity index (χ0v) is 19.2. The molecule has 0 aromatic heterocycles. The van der Waals surface area contributed by atoms with Crippen molar-refractivity contribution < 1.29 is 22.7 Å². The fourth-order valence-electron chi connectivity index (χ4n) is 3.59. The van der Waals surface area contributed by atoms with Crippen molar-refractivity contribution in [2.45, 2.75) is 56.4 Å². The maximum Gasteiger partial charge on any atom is 0.393 e. The van der Waals surface area contributed by atoms with E-state index in [9.17, 15) is 18.0 Å². The maximum absolute atomic E-state index is 12.4. The molecule has 3 rings (SSSR count). The topological polar surface area (TPSA) is 139 Å². The highest BCUT2D eigenvalue weighted by Gasteiger charge is 2.27. The van der Waals surface area contributed by atoms with Crippen molar-refractivity contribution >= 4 is 17.8 Å². The van der Waals surface area contributed by atoms with Gasteiger partial charge in [0.25, 0.3) is 0 Å². The molecule has 0 bridgehead atoms. The van der Waals surface area contributed by atoms with Crippen LogP contribution in [-0.2, 0) is 16.0 Å². The fraction of sp³-hybridized carbons (Fsp3) is 0.522. The number of carbonyl (C=O) groups excluding carboxylic acids is 1. The molecule has 1 aromatic rings. The summed E-state index contributed by atoms with van der Waals surface area (Å²) in [6, 6.07) is 6.83. The molecular weight excluding hydrogens is 449 g/mol. The van der Waals surface area contributed by atoms with Gasteiger partial charge in [-0.2, -0.15) is 13.2 Å². The number of rotatable bonds is 8. The van der Waals surface area contributed by atoms with E-state index in [1.54, 1.807) is 6.20 Å². The van der Waals surface area contributed by atoms with Crippen molar-refractivity contribution in [2.75, 3.05) is 20.3 Å². The number of carbonyl (C=O) groups is 1. The molecular formula is C23H33F3N6O2. The first-order valence-electron chi connectivity index (χ1n) is 10.9. The summed E-state index contributed by atoms with van der Waals surface area (Å²) in [4.78, 5) is 15.6. The van der Waals surface area contributed by atoms with Crippen molar-refractivity contribution in [1.82, 2.24) is 10.6 Å². The van der Waals surface area contributed by atoms with Gasteiger partial charge in [0.05, 0.1) is 36.9 Å². The molecule has 0 radical (unpaired) electrons. The standard InChI is InChI=1S/C21H27F3N4O2.CH5N.CHN/c22-21(23,24)9-14-1-3-18(4-2-14)28-20(25)15(11-29)10-26-16-5-7-17(8-6-16)27-19-12-30-13-19;2*1-2/h1-4,10-11,16-17,19,26-27H,5-9,12-13H2,(H2,25,28);2H2,1H3;1H/b15-10-;;. The SMILES string of the molecule is C#N.CN.NC(=Nc1ccc(CC(F)(F)F)cc1)/C(C=O)=C\NC1CCC(NC2COC2)CC1. The Morgan fingerprint density at radius 2 is 1.68 bits per heavy atom. The molecule has 34 heavy (non-hydrogen) atoms. The van der Waals surface area contributed by atoms with Crippen LogP contribution in [0.15, 0.2) is 41.0 Å². The number of hydrogen-bond acceptors (Lipinski definition) is 7. The molecule has 0 spiro atoms. The van der Waals surface area contributed by atoms with Gasteiger partial charge in [-0.05, 0) is 50.4 Å². The Balaban J connectivity index is 0.00000137. The monoisotopic (exact) mass is 482 g/mol. The number of halogens is 3. The number of benzene rings is 1. The van der Waals surface area contributed by atoms with Gasteiger partial charge in [-0.25, -0.2) is 10.3 Å². The Morgan fingerprint density at radius 3 is 2.15 bits per heavy atom. The Bertz CT molecular complexity index is 812. The largest absolute Gasteiger partial charge is 0.393 e. The van der Waals surface area contributed by atoms with Gasteiger partial charge in [0.15, 0.2) is 6.29 Å². The minimum Gasteiger partial charge on any atom is -0.387 e. The lowest BCUT2D eigenvalue weighted by Crippen LogP contribution is -2.51. The third kappa shape index (κ3) is 10.3. The first-order valence-corrected chi connectivity index (χ1v) is 10.9. The number of ether oxygens (including phenoxy) is 1. The van der Waals surface area contributed by atoms with E-state index in [1.165, 1.54) is 31.3 Å². The van der Waals surface area contributed by atoms with Crippen LogP contribution < -0.4 is 22.1 Å². The second kappa shape index (κ2) is 15.1. The predicted octanol–water partition coefficient (Wildman–Crippen LogP) is 2.47. The highest BCUT2D eigenvalue weighted by molar-refractivity contribution is 6.13. The summed E-state index contributed by atoms with van der Waals surface area (Å²) in [6.45, 7) is 5.07. The quantitative estimate of drug-likeness (QED) is 0.193. The summed E-state index contributed by atoms with van der Waals surface area (Å²) in [6.07, 6.45) is 0.983.